The lowest BCUT2D eigenvalue weighted by atomic mass is 10.1. The van der Waals surface area contributed by atoms with E-state index in [1.165, 1.54) is 7.11 Å². The number of ether oxygens (including phenoxy) is 2. The molecule has 114 valence electrons. The van der Waals surface area contributed by atoms with E-state index < -0.39 is 18.9 Å². The lowest BCUT2D eigenvalue weighted by molar-refractivity contribution is -0.185. The molecule has 0 saturated carbocycles. The van der Waals surface area contributed by atoms with Gasteiger partial charge in [0.15, 0.2) is 0 Å². The van der Waals surface area contributed by atoms with Crippen molar-refractivity contribution in [1.82, 2.24) is 5.32 Å². The van der Waals surface area contributed by atoms with E-state index in [4.69, 9.17) is 9.47 Å². The van der Waals surface area contributed by atoms with Crippen LogP contribution >= 0.6 is 0 Å². The Morgan fingerprint density at radius 1 is 1.25 bits per heavy atom. The van der Waals surface area contributed by atoms with Crippen molar-refractivity contribution >= 4 is 0 Å². The molecule has 0 saturated heterocycles. The molecule has 0 aromatic heterocycles. The Balaban J connectivity index is 2.79. The Labute approximate surface area is 117 Å². The molecule has 1 atom stereocenters. The van der Waals surface area contributed by atoms with Crippen LogP contribution in [0.3, 0.4) is 0 Å². The number of hydrogen-bond donors (Lipinski definition) is 1. The summed E-state index contributed by atoms with van der Waals surface area (Å²) < 4.78 is 47.2. The Bertz CT molecular complexity index is 396. The van der Waals surface area contributed by atoms with E-state index in [0.29, 0.717) is 17.9 Å². The van der Waals surface area contributed by atoms with Crippen LogP contribution in [0.15, 0.2) is 24.3 Å². The van der Waals surface area contributed by atoms with Crippen molar-refractivity contribution in [2.75, 3.05) is 26.8 Å². The maximum atomic E-state index is 12.3. The molecule has 0 heterocycles. The predicted octanol–water partition coefficient (Wildman–Crippen LogP) is 3.31. The summed E-state index contributed by atoms with van der Waals surface area (Å²) in [4.78, 5) is 0. The fourth-order valence-electron chi connectivity index (χ4n) is 1.80. The minimum absolute atomic E-state index is 0.310. The molecule has 0 fully saturated rings. The first kappa shape index (κ1) is 16.8. The lowest BCUT2D eigenvalue weighted by Gasteiger charge is -2.21. The van der Waals surface area contributed by atoms with Gasteiger partial charge in [0.1, 0.15) is 12.4 Å². The maximum absolute atomic E-state index is 12.3. The Hall–Kier alpha value is -1.27. The predicted molar refractivity (Wildman–Crippen MR) is 70.9 cm³/mol. The van der Waals surface area contributed by atoms with Crippen molar-refractivity contribution in [3.8, 4) is 5.75 Å². The molecule has 1 N–H and O–H groups in total. The molecule has 1 unspecified atom stereocenters. The van der Waals surface area contributed by atoms with Crippen LogP contribution in [0.5, 0.6) is 5.75 Å². The van der Waals surface area contributed by atoms with E-state index >= 15 is 0 Å². The Kier molecular flexibility index (Phi) is 6.81. The zero-order chi connectivity index (χ0) is 15.0. The van der Waals surface area contributed by atoms with Gasteiger partial charge in [0, 0.05) is 12.1 Å². The van der Waals surface area contributed by atoms with E-state index in [1.807, 2.05) is 6.92 Å². The highest BCUT2D eigenvalue weighted by atomic mass is 19.4. The number of para-hydroxylation sites is 1. The molecule has 0 aliphatic carbocycles. The summed E-state index contributed by atoms with van der Waals surface area (Å²) in [5.41, 5.74) is 0.614. The summed E-state index contributed by atoms with van der Waals surface area (Å²) in [5.74, 6) is 0.526. The second kappa shape index (κ2) is 8.11. The average Bonchev–Trinajstić information content (AvgIpc) is 2.41. The number of alkyl halides is 3. The van der Waals surface area contributed by atoms with Crippen molar-refractivity contribution in [3.63, 3.8) is 0 Å². The average molecular weight is 291 g/mol. The molecular weight excluding hydrogens is 271 g/mol. The summed E-state index contributed by atoms with van der Waals surface area (Å²) in [7, 11) is 1.49. The number of benzene rings is 1. The third-order valence-electron chi connectivity index (χ3n) is 2.69. The van der Waals surface area contributed by atoms with E-state index in [-0.39, 0.29) is 0 Å². The smallest absolute Gasteiger partial charge is 0.411 e. The van der Waals surface area contributed by atoms with Crippen LogP contribution in [0.25, 0.3) is 0 Å². The van der Waals surface area contributed by atoms with Crippen molar-refractivity contribution in [2.45, 2.75) is 25.6 Å². The van der Waals surface area contributed by atoms with Gasteiger partial charge in [0.05, 0.1) is 13.2 Å². The quantitative estimate of drug-likeness (QED) is 0.745. The van der Waals surface area contributed by atoms with Gasteiger partial charge in [0.25, 0.3) is 0 Å². The summed E-state index contributed by atoms with van der Waals surface area (Å²) >= 11 is 0. The fraction of sp³-hybridized carbons (Fsp3) is 0.571. The zero-order valence-electron chi connectivity index (χ0n) is 11.7. The number of rotatable bonds is 8. The SMILES string of the molecule is CCCNCC(OCC(F)(F)F)c1ccccc1OC. The number of nitrogens with one attached hydrogen (secondary N) is 1. The fourth-order valence-corrected chi connectivity index (χ4v) is 1.80. The van der Waals surface area contributed by atoms with Crippen LogP contribution < -0.4 is 10.1 Å². The number of hydrogen-bond acceptors (Lipinski definition) is 3. The third-order valence-corrected chi connectivity index (χ3v) is 2.69. The molecule has 0 spiro atoms. The highest BCUT2D eigenvalue weighted by Gasteiger charge is 2.30. The number of halogens is 3. The number of methoxy groups -OCH3 is 1. The largest absolute Gasteiger partial charge is 0.496 e. The van der Waals surface area contributed by atoms with Gasteiger partial charge in [-0.15, -0.1) is 0 Å². The molecule has 6 heteroatoms. The molecule has 0 aliphatic rings. The standard InChI is InChI=1S/C14H20F3NO2/c1-3-8-18-9-13(20-10-14(15,16)17)11-6-4-5-7-12(11)19-2/h4-7,13,18H,3,8-10H2,1-2H3. The molecule has 1 aromatic rings. The highest BCUT2D eigenvalue weighted by Crippen LogP contribution is 2.28. The van der Waals surface area contributed by atoms with Gasteiger partial charge in [-0.2, -0.15) is 13.2 Å². The molecule has 0 bridgehead atoms. The second-order valence-electron chi connectivity index (χ2n) is 4.36. The van der Waals surface area contributed by atoms with Crippen molar-refractivity contribution in [1.29, 1.82) is 0 Å². The molecule has 3 nitrogen and oxygen atoms in total. The normalized spacial score (nSPS) is 13.2. The van der Waals surface area contributed by atoms with Gasteiger partial charge in [-0.05, 0) is 19.0 Å². The van der Waals surface area contributed by atoms with Crippen LogP contribution in [0, 0.1) is 0 Å². The summed E-state index contributed by atoms with van der Waals surface area (Å²) in [6, 6.07) is 6.94. The first-order chi connectivity index (χ1) is 9.48. The van der Waals surface area contributed by atoms with Crippen LogP contribution in [-0.2, 0) is 4.74 Å². The maximum Gasteiger partial charge on any atom is 0.411 e. The van der Waals surface area contributed by atoms with Crippen molar-refractivity contribution in [3.05, 3.63) is 29.8 Å². The third kappa shape index (κ3) is 5.79. The van der Waals surface area contributed by atoms with Gasteiger partial charge in [-0.25, -0.2) is 0 Å². The second-order valence-corrected chi connectivity index (χ2v) is 4.36. The topological polar surface area (TPSA) is 30.5 Å². The van der Waals surface area contributed by atoms with Gasteiger partial charge in [-0.3, -0.25) is 0 Å². The minimum atomic E-state index is -4.34. The molecule has 1 aromatic carbocycles. The first-order valence-electron chi connectivity index (χ1n) is 6.50. The van der Waals surface area contributed by atoms with Crippen LogP contribution in [0.4, 0.5) is 13.2 Å². The van der Waals surface area contributed by atoms with E-state index in [2.05, 4.69) is 5.32 Å². The van der Waals surface area contributed by atoms with Crippen molar-refractivity contribution in [2.24, 2.45) is 0 Å². The van der Waals surface area contributed by atoms with Gasteiger partial charge >= 0.3 is 6.18 Å². The summed E-state index contributed by atoms with van der Waals surface area (Å²) in [5, 5.41) is 3.07. The van der Waals surface area contributed by atoms with Crippen molar-refractivity contribution < 1.29 is 22.6 Å². The lowest BCUT2D eigenvalue weighted by Crippen LogP contribution is -2.27. The van der Waals surface area contributed by atoms with Crippen LogP contribution in [-0.4, -0.2) is 33.0 Å². The van der Waals surface area contributed by atoms with E-state index in [1.54, 1.807) is 24.3 Å². The summed E-state index contributed by atoms with van der Waals surface area (Å²) in [6.45, 7) is 1.75. The molecular formula is C14H20F3NO2. The minimum Gasteiger partial charge on any atom is -0.496 e. The molecule has 0 aliphatic heterocycles. The van der Waals surface area contributed by atoms with Crippen LogP contribution in [0.2, 0.25) is 0 Å². The van der Waals surface area contributed by atoms with Gasteiger partial charge < -0.3 is 14.8 Å². The highest BCUT2D eigenvalue weighted by molar-refractivity contribution is 5.35. The van der Waals surface area contributed by atoms with E-state index in [0.717, 1.165) is 13.0 Å². The van der Waals surface area contributed by atoms with Gasteiger partial charge in [0.2, 0.25) is 0 Å². The monoisotopic (exact) mass is 291 g/mol. The molecule has 0 radical (unpaired) electrons. The molecule has 1 rings (SSSR count). The Morgan fingerprint density at radius 2 is 1.95 bits per heavy atom. The van der Waals surface area contributed by atoms with Gasteiger partial charge in [-0.1, -0.05) is 25.1 Å². The van der Waals surface area contributed by atoms with E-state index in [9.17, 15) is 13.2 Å². The molecule has 20 heavy (non-hydrogen) atoms. The first-order valence-corrected chi connectivity index (χ1v) is 6.50. The molecule has 0 amide bonds. The zero-order valence-corrected chi connectivity index (χ0v) is 11.7. The summed E-state index contributed by atoms with van der Waals surface area (Å²) in [6.07, 6.45) is -4.14. The Morgan fingerprint density at radius 3 is 2.55 bits per heavy atom. The van der Waals surface area contributed by atoms with Crippen LogP contribution in [0.1, 0.15) is 25.0 Å².